The minimum atomic E-state index is -0.467. The number of hydrogen-bond acceptors (Lipinski definition) is 12. The smallest absolute Gasteiger partial charge is 0.305 e. The molecule has 1 saturated heterocycles. The Bertz CT molecular complexity index is 1780. The van der Waals surface area contributed by atoms with Crippen LogP contribution in [0.2, 0.25) is 0 Å². The average Bonchev–Trinajstić information content (AvgIpc) is 3.75. The highest BCUT2D eigenvalue weighted by Gasteiger charge is 2.39. The number of benzene rings is 2. The fraction of sp³-hybridized carbons (Fsp3) is 0.512. The molecule has 308 valence electrons. The van der Waals surface area contributed by atoms with Gasteiger partial charge in [0.25, 0.3) is 5.91 Å². The summed E-state index contributed by atoms with van der Waals surface area (Å²) < 4.78 is 27.3. The molecule has 1 fully saturated rings. The van der Waals surface area contributed by atoms with Gasteiger partial charge in [-0.25, -0.2) is 0 Å². The van der Waals surface area contributed by atoms with Crippen molar-refractivity contribution in [3.8, 4) is 17.1 Å². The number of methoxy groups -OCH3 is 1. The Morgan fingerprint density at radius 1 is 0.825 bits per heavy atom. The highest BCUT2D eigenvalue weighted by Crippen LogP contribution is 2.35. The lowest BCUT2D eigenvalue weighted by Crippen LogP contribution is -2.46. The normalized spacial score (nSPS) is 14.5. The first-order valence-corrected chi connectivity index (χ1v) is 20.1. The summed E-state index contributed by atoms with van der Waals surface area (Å²) in [5.41, 5.74) is 2.85. The van der Waals surface area contributed by atoms with Crippen molar-refractivity contribution >= 4 is 17.6 Å². The third-order valence-electron chi connectivity index (χ3n) is 10.0. The first-order valence-electron chi connectivity index (χ1n) is 20.1. The monoisotopic (exact) mass is 785 g/mol. The minimum Gasteiger partial charge on any atom is -0.494 e. The molecule has 5 rings (SSSR count). The van der Waals surface area contributed by atoms with Gasteiger partial charge in [0, 0.05) is 61.9 Å². The molecule has 14 nitrogen and oxygen atoms in total. The number of ether oxygens (including phenoxy) is 5. The number of anilines is 1. The zero-order chi connectivity index (χ0) is 40.1. The second-order valence-electron chi connectivity index (χ2n) is 14.4. The largest absolute Gasteiger partial charge is 0.494 e. The lowest BCUT2D eigenvalue weighted by Gasteiger charge is -2.40. The molecule has 0 unspecified atom stereocenters. The molecule has 0 radical (unpaired) electrons. The number of pyridine rings is 1. The molecule has 14 heteroatoms. The van der Waals surface area contributed by atoms with Crippen molar-refractivity contribution in [2.45, 2.75) is 69.9 Å². The van der Waals surface area contributed by atoms with Gasteiger partial charge in [0.05, 0.1) is 51.7 Å². The lowest BCUT2D eigenvalue weighted by molar-refractivity contribution is -0.141. The number of unbranched alkanes of at least 4 members (excludes halogenated alkanes) is 3. The standard InChI is InChI=1S/C43H59N7O7/c1-33(35-11-9-14-38(32-35)57-26-7-5-4-6-24-54-27-29-56-30-28-55-25-10-15-39(51)53-3)45-41(52)36-12-8-13-37(31-36)47-43(18-22-50(2)23-19-43)42-46-40(48-49-42)34-16-20-44-21-17-34/h8-9,11-14,16-17,20-21,31-33,47H,4-7,10,15,18-19,22-30H2,1-3H3,(H,45,52)(H,46,48,49)/t33-/m1/s1. The molecule has 2 aromatic carbocycles. The van der Waals surface area contributed by atoms with Crippen LogP contribution in [-0.4, -0.2) is 110 Å². The predicted molar refractivity (Wildman–Crippen MR) is 218 cm³/mol. The average molecular weight is 786 g/mol. The molecule has 1 aliphatic rings. The second kappa shape index (κ2) is 23.4. The summed E-state index contributed by atoms with van der Waals surface area (Å²) in [6.07, 6.45) is 10.2. The summed E-state index contributed by atoms with van der Waals surface area (Å²) in [4.78, 5) is 34.5. The van der Waals surface area contributed by atoms with E-state index in [1.165, 1.54) is 7.11 Å². The molecule has 4 aromatic rings. The van der Waals surface area contributed by atoms with E-state index in [0.29, 0.717) is 70.5 Å². The van der Waals surface area contributed by atoms with Crippen molar-refractivity contribution in [2.75, 3.05) is 78.8 Å². The van der Waals surface area contributed by atoms with Crippen molar-refractivity contribution in [2.24, 2.45) is 0 Å². The number of likely N-dealkylation sites (tertiary alicyclic amines) is 1. The minimum absolute atomic E-state index is 0.152. The van der Waals surface area contributed by atoms with E-state index >= 15 is 0 Å². The van der Waals surface area contributed by atoms with E-state index in [2.05, 4.69) is 47.5 Å². The molecular weight excluding hydrogens is 727 g/mol. The molecule has 0 spiro atoms. The van der Waals surface area contributed by atoms with Crippen LogP contribution in [0.3, 0.4) is 0 Å². The molecule has 1 amide bonds. The maximum absolute atomic E-state index is 13.5. The quantitative estimate of drug-likeness (QED) is 0.0507. The first kappa shape index (κ1) is 43.2. The van der Waals surface area contributed by atoms with E-state index in [4.69, 9.17) is 18.9 Å². The number of H-pyrrole nitrogens is 1. The summed E-state index contributed by atoms with van der Waals surface area (Å²) in [6.45, 7) is 7.72. The highest BCUT2D eigenvalue weighted by molar-refractivity contribution is 5.95. The Morgan fingerprint density at radius 3 is 2.25 bits per heavy atom. The van der Waals surface area contributed by atoms with Gasteiger partial charge in [0.1, 0.15) is 5.75 Å². The zero-order valence-electron chi connectivity index (χ0n) is 33.7. The number of rotatable bonds is 25. The Morgan fingerprint density at radius 2 is 1.51 bits per heavy atom. The van der Waals surface area contributed by atoms with E-state index in [1.54, 1.807) is 12.4 Å². The number of aromatic nitrogens is 4. The second-order valence-corrected chi connectivity index (χ2v) is 14.4. The summed E-state index contributed by atoms with van der Waals surface area (Å²) >= 11 is 0. The van der Waals surface area contributed by atoms with E-state index in [-0.39, 0.29) is 17.9 Å². The number of piperidine rings is 1. The van der Waals surface area contributed by atoms with Gasteiger partial charge in [-0.1, -0.05) is 24.6 Å². The number of carbonyl (C=O) groups excluding carboxylic acids is 2. The SMILES string of the molecule is COC(=O)CCCOCCOCCOCCCCCCOc1cccc([C@@H](C)NC(=O)c2cccc(NC3(c4nnc(-c5ccncc5)[nH]4)CCN(C)CC3)c2)c1. The zero-order valence-corrected chi connectivity index (χ0v) is 33.7. The van der Waals surface area contributed by atoms with Crippen LogP contribution in [0.5, 0.6) is 5.75 Å². The van der Waals surface area contributed by atoms with Gasteiger partial charge in [-0.05, 0) is 101 Å². The molecule has 2 aromatic heterocycles. The molecule has 0 saturated carbocycles. The fourth-order valence-electron chi connectivity index (χ4n) is 6.60. The molecule has 3 heterocycles. The van der Waals surface area contributed by atoms with Crippen molar-refractivity contribution in [1.29, 1.82) is 0 Å². The van der Waals surface area contributed by atoms with Crippen LogP contribution in [-0.2, 0) is 29.3 Å². The van der Waals surface area contributed by atoms with Crippen LogP contribution in [0, 0.1) is 0 Å². The Labute approximate surface area is 336 Å². The van der Waals surface area contributed by atoms with Crippen LogP contribution in [0.4, 0.5) is 5.69 Å². The van der Waals surface area contributed by atoms with Crippen LogP contribution in [0.15, 0.2) is 73.1 Å². The van der Waals surface area contributed by atoms with Gasteiger partial charge in [-0.15, -0.1) is 10.2 Å². The van der Waals surface area contributed by atoms with Crippen molar-refractivity contribution in [1.82, 2.24) is 30.4 Å². The number of esters is 1. The molecule has 0 aliphatic carbocycles. The van der Waals surface area contributed by atoms with E-state index in [9.17, 15) is 9.59 Å². The summed E-state index contributed by atoms with van der Waals surface area (Å²) in [5, 5.41) is 16.0. The number of hydrogen-bond donors (Lipinski definition) is 3. The first-order chi connectivity index (χ1) is 27.8. The van der Waals surface area contributed by atoms with Crippen LogP contribution in [0.25, 0.3) is 11.4 Å². The number of amides is 1. The third kappa shape index (κ3) is 14.2. The van der Waals surface area contributed by atoms with E-state index < -0.39 is 5.54 Å². The van der Waals surface area contributed by atoms with Crippen LogP contribution in [0.1, 0.15) is 86.1 Å². The van der Waals surface area contributed by atoms with Gasteiger partial charge >= 0.3 is 5.97 Å². The van der Waals surface area contributed by atoms with Gasteiger partial charge < -0.3 is 44.2 Å². The summed E-state index contributed by atoms with van der Waals surface area (Å²) in [5.74, 6) is 1.90. The molecular formula is C43H59N7O7. The predicted octanol–water partition coefficient (Wildman–Crippen LogP) is 6.33. The molecule has 57 heavy (non-hydrogen) atoms. The third-order valence-corrected chi connectivity index (χ3v) is 10.0. The summed E-state index contributed by atoms with van der Waals surface area (Å²) in [7, 11) is 3.51. The topological polar surface area (TPSA) is 162 Å². The molecule has 1 aliphatic heterocycles. The Kier molecular flexibility index (Phi) is 17.7. The van der Waals surface area contributed by atoms with E-state index in [1.807, 2.05) is 67.6 Å². The fourth-order valence-corrected chi connectivity index (χ4v) is 6.60. The molecule has 0 bridgehead atoms. The van der Waals surface area contributed by atoms with Gasteiger partial charge in [-0.3, -0.25) is 14.6 Å². The number of carbonyl (C=O) groups is 2. The summed E-state index contributed by atoms with van der Waals surface area (Å²) in [6, 6.07) is 19.2. The van der Waals surface area contributed by atoms with Crippen LogP contribution < -0.4 is 15.4 Å². The lowest BCUT2D eigenvalue weighted by atomic mass is 9.86. The highest BCUT2D eigenvalue weighted by atomic mass is 16.5. The Hall–Kier alpha value is -4.89. The van der Waals surface area contributed by atoms with Gasteiger partial charge in [0.2, 0.25) is 0 Å². The van der Waals surface area contributed by atoms with Crippen molar-refractivity contribution < 1.29 is 33.3 Å². The maximum atomic E-state index is 13.5. The number of aromatic amines is 1. The van der Waals surface area contributed by atoms with Crippen molar-refractivity contribution in [3.05, 3.63) is 90.0 Å². The van der Waals surface area contributed by atoms with Gasteiger partial charge in [-0.2, -0.15) is 0 Å². The van der Waals surface area contributed by atoms with E-state index in [0.717, 1.165) is 80.0 Å². The van der Waals surface area contributed by atoms with Gasteiger partial charge in [0.15, 0.2) is 11.6 Å². The number of nitrogens with zero attached hydrogens (tertiary/aromatic N) is 4. The molecule has 1 atom stereocenters. The Balaban J connectivity index is 0.994. The van der Waals surface area contributed by atoms with Crippen molar-refractivity contribution in [3.63, 3.8) is 0 Å². The van der Waals surface area contributed by atoms with Crippen LogP contribution >= 0.6 is 0 Å². The number of nitrogens with one attached hydrogen (secondary N) is 3. The maximum Gasteiger partial charge on any atom is 0.305 e. The molecule has 3 N–H and O–H groups in total.